The first-order chi connectivity index (χ1) is 12.8. The normalized spacial score (nSPS) is 11.8. The lowest BCUT2D eigenvalue weighted by molar-refractivity contribution is 0.304. The number of aryl methyl sites for hydroxylation is 1. The fourth-order valence-electron chi connectivity index (χ4n) is 3.03. The summed E-state index contributed by atoms with van der Waals surface area (Å²) in [6, 6.07) is 18.4. The van der Waals surface area contributed by atoms with E-state index in [1.165, 1.54) is 10.9 Å². The molecule has 5 nitrogen and oxygen atoms in total. The second kappa shape index (κ2) is 8.94. The van der Waals surface area contributed by atoms with E-state index in [1.54, 1.807) is 0 Å². The van der Waals surface area contributed by atoms with Crippen molar-refractivity contribution >= 4 is 16.7 Å². The molecule has 0 unspecified atom stereocenters. The highest BCUT2D eigenvalue weighted by atomic mass is 16.5. The van der Waals surface area contributed by atoms with Crippen molar-refractivity contribution in [3.8, 4) is 5.75 Å². The zero-order valence-corrected chi connectivity index (χ0v) is 14.8. The molecule has 1 heterocycles. The molecule has 0 aliphatic heterocycles. The summed E-state index contributed by atoms with van der Waals surface area (Å²) >= 11 is 0. The second-order valence-corrected chi connectivity index (χ2v) is 6.39. The van der Waals surface area contributed by atoms with Crippen molar-refractivity contribution < 1.29 is 9.94 Å². The van der Waals surface area contributed by atoms with Crippen molar-refractivity contribution in [3.63, 3.8) is 0 Å². The molecule has 2 aromatic carbocycles. The van der Waals surface area contributed by atoms with E-state index in [4.69, 9.17) is 15.7 Å². The Morgan fingerprint density at radius 2 is 1.81 bits per heavy atom. The van der Waals surface area contributed by atoms with Crippen LogP contribution in [0.15, 0.2) is 65.9 Å². The summed E-state index contributed by atoms with van der Waals surface area (Å²) in [5.74, 6) is 1.05. The van der Waals surface area contributed by atoms with Crippen molar-refractivity contribution in [2.45, 2.75) is 32.2 Å². The number of rotatable bonds is 9. The molecule has 0 aliphatic carbocycles. The Hall–Kier alpha value is -2.95. The predicted octanol–water partition coefficient (Wildman–Crippen LogP) is 4.18. The van der Waals surface area contributed by atoms with E-state index in [0.717, 1.165) is 37.1 Å². The first-order valence-corrected chi connectivity index (χ1v) is 8.98. The Morgan fingerprint density at radius 3 is 2.62 bits per heavy atom. The van der Waals surface area contributed by atoms with Crippen LogP contribution in [0, 0.1) is 0 Å². The molecule has 3 rings (SSSR count). The first kappa shape index (κ1) is 17.9. The van der Waals surface area contributed by atoms with Crippen LogP contribution >= 0.6 is 0 Å². The number of fused-ring (bicyclic) bond motifs is 1. The van der Waals surface area contributed by atoms with Crippen LogP contribution in [0.5, 0.6) is 5.75 Å². The highest BCUT2D eigenvalue weighted by Crippen LogP contribution is 2.16. The van der Waals surface area contributed by atoms with Gasteiger partial charge in [-0.05, 0) is 54.5 Å². The second-order valence-electron chi connectivity index (χ2n) is 6.39. The van der Waals surface area contributed by atoms with E-state index in [0.29, 0.717) is 13.0 Å². The molecule has 0 aliphatic rings. The van der Waals surface area contributed by atoms with Gasteiger partial charge in [0.15, 0.2) is 0 Å². The van der Waals surface area contributed by atoms with E-state index >= 15 is 0 Å². The Bertz CT molecular complexity index is 853. The third-order valence-corrected chi connectivity index (χ3v) is 4.43. The van der Waals surface area contributed by atoms with E-state index in [9.17, 15) is 0 Å². The van der Waals surface area contributed by atoms with Gasteiger partial charge in [-0.3, -0.25) is 0 Å². The number of hydrogen-bond acceptors (Lipinski definition) is 3. The number of para-hydroxylation sites is 1. The maximum Gasteiger partial charge on any atom is 0.143 e. The number of nitrogens with zero attached hydrogens (tertiary/aromatic N) is 2. The van der Waals surface area contributed by atoms with E-state index in [2.05, 4.69) is 46.3 Å². The Labute approximate surface area is 153 Å². The summed E-state index contributed by atoms with van der Waals surface area (Å²) in [4.78, 5) is 0. The highest BCUT2D eigenvalue weighted by Gasteiger charge is 2.01. The fraction of sp³-hybridized carbons (Fsp3) is 0.286. The third kappa shape index (κ3) is 4.79. The zero-order valence-electron chi connectivity index (χ0n) is 14.8. The number of amidine groups is 1. The molecular formula is C21H25N3O2. The lowest BCUT2D eigenvalue weighted by Gasteiger charge is -2.08. The summed E-state index contributed by atoms with van der Waals surface area (Å²) in [7, 11) is 0. The fourth-order valence-corrected chi connectivity index (χ4v) is 3.03. The summed E-state index contributed by atoms with van der Waals surface area (Å²) < 4.78 is 8.10. The smallest absolute Gasteiger partial charge is 0.143 e. The molecule has 5 heteroatoms. The van der Waals surface area contributed by atoms with Gasteiger partial charge >= 0.3 is 0 Å². The number of ether oxygens (including phenoxy) is 1. The minimum absolute atomic E-state index is 0.203. The largest absolute Gasteiger partial charge is 0.494 e. The molecular weight excluding hydrogens is 326 g/mol. The first-order valence-electron chi connectivity index (χ1n) is 8.98. The molecule has 0 amide bonds. The van der Waals surface area contributed by atoms with Gasteiger partial charge in [-0.2, -0.15) is 0 Å². The Balaban J connectivity index is 1.35. The van der Waals surface area contributed by atoms with Crippen LogP contribution in [0.3, 0.4) is 0 Å². The maximum absolute atomic E-state index is 8.59. The van der Waals surface area contributed by atoms with Gasteiger partial charge in [-0.1, -0.05) is 35.5 Å². The molecule has 0 radical (unpaired) electrons. The van der Waals surface area contributed by atoms with Crippen LogP contribution < -0.4 is 10.5 Å². The van der Waals surface area contributed by atoms with Crippen molar-refractivity contribution in [1.29, 1.82) is 0 Å². The van der Waals surface area contributed by atoms with E-state index in [-0.39, 0.29) is 5.84 Å². The Morgan fingerprint density at radius 1 is 1.00 bits per heavy atom. The van der Waals surface area contributed by atoms with Gasteiger partial charge in [-0.15, -0.1) is 0 Å². The molecule has 3 N–H and O–H groups in total. The summed E-state index contributed by atoms with van der Waals surface area (Å²) in [6.45, 7) is 1.75. The van der Waals surface area contributed by atoms with Crippen LogP contribution in [-0.2, 0) is 13.0 Å². The van der Waals surface area contributed by atoms with Gasteiger partial charge in [0.1, 0.15) is 11.6 Å². The minimum Gasteiger partial charge on any atom is -0.494 e. The predicted molar refractivity (Wildman–Crippen MR) is 105 cm³/mol. The highest BCUT2D eigenvalue weighted by molar-refractivity contribution is 5.82. The van der Waals surface area contributed by atoms with E-state index in [1.807, 2.05) is 24.3 Å². The van der Waals surface area contributed by atoms with Crippen LogP contribution in [0.1, 0.15) is 24.8 Å². The molecule has 0 fully saturated rings. The topological polar surface area (TPSA) is 72.8 Å². The van der Waals surface area contributed by atoms with Gasteiger partial charge in [0.25, 0.3) is 0 Å². The maximum atomic E-state index is 8.59. The van der Waals surface area contributed by atoms with Crippen LogP contribution in [0.4, 0.5) is 0 Å². The molecule has 136 valence electrons. The molecule has 26 heavy (non-hydrogen) atoms. The number of oxime groups is 1. The molecule has 0 atom stereocenters. The minimum atomic E-state index is 0.203. The van der Waals surface area contributed by atoms with Crippen LogP contribution in [0.25, 0.3) is 10.9 Å². The average Bonchev–Trinajstić information content (AvgIpc) is 3.09. The van der Waals surface area contributed by atoms with E-state index < -0.39 is 0 Å². The third-order valence-electron chi connectivity index (χ3n) is 4.43. The van der Waals surface area contributed by atoms with Gasteiger partial charge in [0.05, 0.1) is 6.61 Å². The summed E-state index contributed by atoms with van der Waals surface area (Å²) in [6.07, 6.45) is 5.90. The van der Waals surface area contributed by atoms with Gasteiger partial charge < -0.3 is 20.2 Å². The Kier molecular flexibility index (Phi) is 6.14. The lowest BCUT2D eigenvalue weighted by Crippen LogP contribution is -2.14. The average molecular weight is 351 g/mol. The van der Waals surface area contributed by atoms with Gasteiger partial charge in [-0.25, -0.2) is 0 Å². The van der Waals surface area contributed by atoms with Gasteiger partial charge in [0.2, 0.25) is 0 Å². The standard InChI is InChI=1S/C21H25N3O2/c22-21(23-25)16-17-8-10-19(11-9-17)26-15-5-1-4-13-24-14-12-18-6-2-3-7-20(18)24/h2-3,6-12,14,25H,1,4-5,13,15-16H2,(H2,22,23). The SMILES string of the molecule is N/C(Cc1ccc(OCCCCCn2ccc3ccccc32)cc1)=N/O. The van der Waals surface area contributed by atoms with Crippen LogP contribution in [0.2, 0.25) is 0 Å². The van der Waals surface area contributed by atoms with Crippen molar-refractivity contribution in [2.24, 2.45) is 10.9 Å². The molecule has 1 aromatic heterocycles. The van der Waals surface area contributed by atoms with Crippen molar-refractivity contribution in [1.82, 2.24) is 4.57 Å². The summed E-state index contributed by atoms with van der Waals surface area (Å²) in [5.41, 5.74) is 7.80. The molecule has 0 saturated heterocycles. The molecule has 0 saturated carbocycles. The van der Waals surface area contributed by atoms with Gasteiger partial charge in [0, 0.05) is 24.7 Å². The molecule has 3 aromatic rings. The number of unbranched alkanes of at least 4 members (excludes halogenated alkanes) is 2. The molecule has 0 spiro atoms. The number of nitrogens with two attached hydrogens (primary N) is 1. The zero-order chi connectivity index (χ0) is 18.2. The quantitative estimate of drug-likeness (QED) is 0.200. The van der Waals surface area contributed by atoms with Crippen molar-refractivity contribution in [2.75, 3.05) is 6.61 Å². The number of hydrogen-bond donors (Lipinski definition) is 2. The molecule has 0 bridgehead atoms. The van der Waals surface area contributed by atoms with Crippen molar-refractivity contribution in [3.05, 3.63) is 66.4 Å². The van der Waals surface area contributed by atoms with Crippen LogP contribution in [-0.4, -0.2) is 22.2 Å². The monoisotopic (exact) mass is 351 g/mol. The lowest BCUT2D eigenvalue weighted by atomic mass is 10.1. The number of benzene rings is 2. The summed E-state index contributed by atoms with van der Waals surface area (Å²) in [5, 5.41) is 12.9. The number of aromatic nitrogens is 1.